The molecule has 2 N–H and O–H groups in total. The second-order valence-corrected chi connectivity index (χ2v) is 5.69. The number of benzene rings is 2. The highest BCUT2D eigenvalue weighted by Gasteiger charge is 2.09. The molecule has 0 saturated carbocycles. The fourth-order valence-corrected chi connectivity index (χ4v) is 2.28. The summed E-state index contributed by atoms with van der Waals surface area (Å²) in [6.07, 6.45) is 0.280. The van der Waals surface area contributed by atoms with Gasteiger partial charge in [0.1, 0.15) is 0 Å². The molecule has 0 aliphatic rings. The van der Waals surface area contributed by atoms with Gasteiger partial charge in [0.25, 0.3) is 0 Å². The molecule has 0 spiro atoms. The highest BCUT2D eigenvalue weighted by atomic mass is 16.2. The molecule has 0 aliphatic heterocycles. The van der Waals surface area contributed by atoms with Crippen molar-refractivity contribution < 1.29 is 9.59 Å². The molecular formula is C19H23N3O2. The maximum atomic E-state index is 11.8. The summed E-state index contributed by atoms with van der Waals surface area (Å²) in [7, 11) is 1.95. The second kappa shape index (κ2) is 9.47. The number of nitrogens with one attached hydrogen (secondary N) is 2. The molecule has 0 heterocycles. The topological polar surface area (TPSA) is 61.4 Å². The quantitative estimate of drug-likeness (QED) is 0.822. The van der Waals surface area contributed by atoms with Crippen LogP contribution in [0.5, 0.6) is 0 Å². The molecule has 5 nitrogen and oxygen atoms in total. The molecule has 2 aromatic carbocycles. The Bertz CT molecular complexity index is 644. The van der Waals surface area contributed by atoms with Crippen LogP contribution in [0.15, 0.2) is 60.7 Å². The van der Waals surface area contributed by atoms with Gasteiger partial charge in [-0.1, -0.05) is 60.7 Å². The average molecular weight is 325 g/mol. The van der Waals surface area contributed by atoms with Crippen LogP contribution in [0.25, 0.3) is 0 Å². The SMILES string of the molecule is CN(CCC(=O)NC(=O)NCc1ccccc1)Cc1ccccc1. The number of amides is 3. The second-order valence-electron chi connectivity index (χ2n) is 5.69. The summed E-state index contributed by atoms with van der Waals surface area (Å²) in [5.74, 6) is -0.277. The van der Waals surface area contributed by atoms with Gasteiger partial charge in [0, 0.05) is 26.1 Å². The Morgan fingerprint density at radius 1 is 0.917 bits per heavy atom. The molecule has 5 heteroatoms. The average Bonchev–Trinajstić information content (AvgIpc) is 2.60. The lowest BCUT2D eigenvalue weighted by molar-refractivity contribution is -0.120. The standard InChI is InChI=1S/C19H23N3O2/c1-22(15-17-10-6-3-7-11-17)13-12-18(23)21-19(24)20-14-16-8-4-2-5-9-16/h2-11H,12-15H2,1H3,(H2,20,21,23,24). The van der Waals surface area contributed by atoms with Crippen LogP contribution in [0.4, 0.5) is 4.79 Å². The number of hydrogen-bond acceptors (Lipinski definition) is 3. The van der Waals surface area contributed by atoms with E-state index in [1.807, 2.05) is 67.7 Å². The molecule has 2 aromatic rings. The van der Waals surface area contributed by atoms with Gasteiger partial charge in [-0.3, -0.25) is 10.1 Å². The van der Waals surface area contributed by atoms with E-state index in [0.29, 0.717) is 13.1 Å². The van der Waals surface area contributed by atoms with E-state index >= 15 is 0 Å². The zero-order valence-electron chi connectivity index (χ0n) is 13.9. The Balaban J connectivity index is 1.64. The Morgan fingerprint density at radius 3 is 2.12 bits per heavy atom. The Kier molecular flexibility index (Phi) is 6.98. The van der Waals surface area contributed by atoms with E-state index in [0.717, 1.165) is 12.1 Å². The summed E-state index contributed by atoms with van der Waals surface area (Å²) in [5.41, 5.74) is 2.18. The Morgan fingerprint density at radius 2 is 1.50 bits per heavy atom. The van der Waals surface area contributed by atoms with Crippen LogP contribution in [0.3, 0.4) is 0 Å². The van der Waals surface area contributed by atoms with Gasteiger partial charge in [0.05, 0.1) is 0 Å². The van der Waals surface area contributed by atoms with Gasteiger partial charge >= 0.3 is 6.03 Å². The van der Waals surface area contributed by atoms with Crippen molar-refractivity contribution in [1.82, 2.24) is 15.5 Å². The predicted octanol–water partition coefficient (Wildman–Crippen LogP) is 2.53. The summed E-state index contributed by atoms with van der Waals surface area (Å²) < 4.78 is 0. The molecule has 0 aliphatic carbocycles. The van der Waals surface area contributed by atoms with Crippen LogP contribution in [-0.2, 0) is 17.9 Å². The highest BCUT2D eigenvalue weighted by Crippen LogP contribution is 2.03. The lowest BCUT2D eigenvalue weighted by Gasteiger charge is -2.16. The van der Waals surface area contributed by atoms with Gasteiger partial charge in [0.15, 0.2) is 0 Å². The van der Waals surface area contributed by atoms with Crippen molar-refractivity contribution in [3.8, 4) is 0 Å². The van der Waals surface area contributed by atoms with Gasteiger partial charge in [-0.05, 0) is 18.2 Å². The van der Waals surface area contributed by atoms with Gasteiger partial charge < -0.3 is 10.2 Å². The lowest BCUT2D eigenvalue weighted by Crippen LogP contribution is -2.40. The molecule has 0 unspecified atom stereocenters. The number of nitrogens with zero attached hydrogens (tertiary/aromatic N) is 1. The van der Waals surface area contributed by atoms with Crippen LogP contribution >= 0.6 is 0 Å². The fraction of sp³-hybridized carbons (Fsp3) is 0.263. The van der Waals surface area contributed by atoms with E-state index < -0.39 is 6.03 Å². The third-order valence-electron chi connectivity index (χ3n) is 3.56. The molecule has 0 fully saturated rings. The van der Waals surface area contributed by atoms with Gasteiger partial charge in [-0.25, -0.2) is 4.79 Å². The minimum atomic E-state index is -0.463. The van der Waals surface area contributed by atoms with Crippen LogP contribution < -0.4 is 10.6 Å². The fourth-order valence-electron chi connectivity index (χ4n) is 2.28. The summed E-state index contributed by atoms with van der Waals surface area (Å²) in [4.78, 5) is 25.6. The normalized spacial score (nSPS) is 10.4. The lowest BCUT2D eigenvalue weighted by atomic mass is 10.2. The largest absolute Gasteiger partial charge is 0.334 e. The molecule has 2 rings (SSSR count). The number of hydrogen-bond donors (Lipinski definition) is 2. The maximum absolute atomic E-state index is 11.8. The van der Waals surface area contributed by atoms with Gasteiger partial charge in [-0.15, -0.1) is 0 Å². The first-order valence-corrected chi connectivity index (χ1v) is 7.97. The highest BCUT2D eigenvalue weighted by molar-refractivity contribution is 5.94. The van der Waals surface area contributed by atoms with Crippen LogP contribution in [0.2, 0.25) is 0 Å². The molecular weight excluding hydrogens is 302 g/mol. The van der Waals surface area contributed by atoms with Crippen LogP contribution in [0, 0.1) is 0 Å². The molecule has 24 heavy (non-hydrogen) atoms. The maximum Gasteiger partial charge on any atom is 0.321 e. The van der Waals surface area contributed by atoms with Gasteiger partial charge in [0.2, 0.25) is 5.91 Å². The minimum Gasteiger partial charge on any atom is -0.334 e. The summed E-state index contributed by atoms with van der Waals surface area (Å²) >= 11 is 0. The van der Waals surface area contributed by atoms with E-state index in [1.54, 1.807) is 0 Å². The molecule has 0 atom stereocenters. The molecule has 126 valence electrons. The first-order chi connectivity index (χ1) is 11.6. The molecule has 0 saturated heterocycles. The van der Waals surface area contributed by atoms with Crippen molar-refractivity contribution >= 4 is 11.9 Å². The van der Waals surface area contributed by atoms with Crippen molar-refractivity contribution in [2.75, 3.05) is 13.6 Å². The zero-order chi connectivity index (χ0) is 17.2. The van der Waals surface area contributed by atoms with Crippen molar-refractivity contribution in [3.63, 3.8) is 0 Å². The van der Waals surface area contributed by atoms with E-state index in [1.165, 1.54) is 5.56 Å². The van der Waals surface area contributed by atoms with E-state index in [9.17, 15) is 9.59 Å². The van der Waals surface area contributed by atoms with E-state index in [-0.39, 0.29) is 12.3 Å². The molecule has 0 aromatic heterocycles. The molecule has 0 radical (unpaired) electrons. The smallest absolute Gasteiger partial charge is 0.321 e. The monoisotopic (exact) mass is 325 g/mol. The third-order valence-corrected chi connectivity index (χ3v) is 3.56. The predicted molar refractivity (Wildman–Crippen MR) is 94.2 cm³/mol. The van der Waals surface area contributed by atoms with Crippen molar-refractivity contribution in [2.45, 2.75) is 19.5 Å². The number of rotatable bonds is 7. The van der Waals surface area contributed by atoms with E-state index in [2.05, 4.69) is 15.5 Å². The first kappa shape index (κ1) is 17.7. The Hall–Kier alpha value is -2.66. The van der Waals surface area contributed by atoms with E-state index in [4.69, 9.17) is 0 Å². The Labute approximate surface area is 142 Å². The van der Waals surface area contributed by atoms with Crippen LogP contribution in [0.1, 0.15) is 17.5 Å². The summed E-state index contributed by atoms with van der Waals surface area (Å²) in [5, 5.41) is 5.03. The minimum absolute atomic E-state index is 0.277. The van der Waals surface area contributed by atoms with Crippen molar-refractivity contribution in [3.05, 3.63) is 71.8 Å². The van der Waals surface area contributed by atoms with Gasteiger partial charge in [-0.2, -0.15) is 0 Å². The third kappa shape index (κ3) is 6.62. The molecule has 3 amide bonds. The number of carbonyl (C=O) groups is 2. The van der Waals surface area contributed by atoms with Crippen molar-refractivity contribution in [2.24, 2.45) is 0 Å². The molecule has 0 bridgehead atoms. The zero-order valence-corrected chi connectivity index (χ0v) is 13.9. The number of carbonyl (C=O) groups excluding carboxylic acids is 2. The first-order valence-electron chi connectivity index (χ1n) is 7.97. The summed E-state index contributed by atoms with van der Waals surface area (Å²) in [6, 6.07) is 19.2. The van der Waals surface area contributed by atoms with Crippen molar-refractivity contribution in [1.29, 1.82) is 0 Å². The number of imide groups is 1. The summed E-state index contributed by atoms with van der Waals surface area (Å²) in [6.45, 7) is 1.76. The van der Waals surface area contributed by atoms with Crippen LogP contribution in [-0.4, -0.2) is 30.4 Å². The number of urea groups is 1.